The fraction of sp³-hybridized carbons (Fsp3) is 0.440. The van der Waals surface area contributed by atoms with Crippen molar-refractivity contribution in [2.75, 3.05) is 51.3 Å². The number of benzene rings is 2. The van der Waals surface area contributed by atoms with Gasteiger partial charge in [-0.2, -0.15) is 0 Å². The lowest BCUT2D eigenvalue weighted by Crippen LogP contribution is -2.46. The van der Waals surface area contributed by atoms with Gasteiger partial charge < -0.3 is 24.6 Å². The van der Waals surface area contributed by atoms with E-state index in [1.807, 2.05) is 12.1 Å². The lowest BCUT2D eigenvalue weighted by molar-refractivity contribution is -0.159. The van der Waals surface area contributed by atoms with E-state index in [-0.39, 0.29) is 0 Å². The summed E-state index contributed by atoms with van der Waals surface area (Å²) < 4.78 is 11.4. The van der Waals surface area contributed by atoms with E-state index in [4.69, 9.17) is 29.3 Å². The van der Waals surface area contributed by atoms with Crippen molar-refractivity contribution in [3.05, 3.63) is 53.6 Å². The summed E-state index contributed by atoms with van der Waals surface area (Å²) in [6.07, 6.45) is 2.28. The number of unbranched alkanes of at least 4 members (excludes halogenated alkanes) is 1. The number of para-hydroxylation sites is 2. The van der Waals surface area contributed by atoms with Gasteiger partial charge >= 0.3 is 11.9 Å². The van der Waals surface area contributed by atoms with Gasteiger partial charge in [0.2, 0.25) is 0 Å². The first kappa shape index (κ1) is 26.0. The van der Waals surface area contributed by atoms with E-state index >= 15 is 0 Å². The molecule has 33 heavy (non-hydrogen) atoms. The summed E-state index contributed by atoms with van der Waals surface area (Å²) in [5.74, 6) is -1.66. The van der Waals surface area contributed by atoms with Gasteiger partial charge in [-0.15, -0.1) is 0 Å². The lowest BCUT2D eigenvalue weighted by Gasteiger charge is -2.36. The second-order valence-electron chi connectivity index (χ2n) is 7.94. The molecule has 0 unspecified atom stereocenters. The minimum Gasteiger partial charge on any atom is -0.495 e. The van der Waals surface area contributed by atoms with Gasteiger partial charge in [0.15, 0.2) is 0 Å². The van der Waals surface area contributed by atoms with Crippen molar-refractivity contribution in [1.29, 1.82) is 0 Å². The first-order valence-corrected chi connectivity index (χ1v) is 11.1. The molecular formula is C25H34N2O6. The van der Waals surface area contributed by atoms with Crippen LogP contribution in [0.3, 0.4) is 0 Å². The summed E-state index contributed by atoms with van der Waals surface area (Å²) in [6.45, 7) is 10.5. The molecule has 1 aliphatic rings. The first-order chi connectivity index (χ1) is 15.8. The number of hydrogen-bond donors (Lipinski definition) is 2. The number of anilines is 1. The Kier molecular flexibility index (Phi) is 10.5. The molecule has 0 saturated carbocycles. The molecular weight excluding hydrogens is 424 g/mol. The summed E-state index contributed by atoms with van der Waals surface area (Å²) in [5.41, 5.74) is 3.72. The minimum absolute atomic E-state index is 0.797. The number of carbonyl (C=O) groups is 2. The molecule has 0 aliphatic carbocycles. The first-order valence-electron chi connectivity index (χ1n) is 11.1. The van der Waals surface area contributed by atoms with Crippen molar-refractivity contribution < 1.29 is 29.3 Å². The summed E-state index contributed by atoms with van der Waals surface area (Å²) in [6, 6.07) is 14.7. The topological polar surface area (TPSA) is 99.5 Å². The van der Waals surface area contributed by atoms with Gasteiger partial charge in [-0.05, 0) is 57.0 Å². The standard InChI is InChI=1S/C23H32N2O2.C2H2O4/c1-19-10-11-22(20(2)18-19)27-17-7-6-12-24-13-15-25(16-14-24)21-8-4-5-9-23(21)26-3;3-1(4)2(5)6/h4-5,8-11,18H,6-7,12-17H2,1-3H3;(H,3,4)(H,5,6). The number of aliphatic carboxylic acids is 2. The fourth-order valence-corrected chi connectivity index (χ4v) is 3.68. The molecule has 0 amide bonds. The third-order valence-corrected chi connectivity index (χ3v) is 5.44. The highest BCUT2D eigenvalue weighted by Gasteiger charge is 2.19. The molecule has 2 N–H and O–H groups in total. The molecule has 8 heteroatoms. The maximum absolute atomic E-state index is 9.10. The van der Waals surface area contributed by atoms with Gasteiger partial charge in [0.1, 0.15) is 11.5 Å². The smallest absolute Gasteiger partial charge is 0.414 e. The largest absolute Gasteiger partial charge is 0.495 e. The van der Waals surface area contributed by atoms with Crippen LogP contribution in [0.5, 0.6) is 11.5 Å². The molecule has 3 rings (SSSR count). The maximum atomic E-state index is 9.10. The predicted molar refractivity (Wildman–Crippen MR) is 128 cm³/mol. The van der Waals surface area contributed by atoms with E-state index in [2.05, 4.69) is 54.0 Å². The van der Waals surface area contributed by atoms with Crippen LogP contribution in [0.1, 0.15) is 24.0 Å². The van der Waals surface area contributed by atoms with Crippen molar-refractivity contribution in [2.24, 2.45) is 0 Å². The number of carboxylic acids is 2. The Morgan fingerprint density at radius 3 is 2.18 bits per heavy atom. The molecule has 0 bridgehead atoms. The maximum Gasteiger partial charge on any atom is 0.414 e. The monoisotopic (exact) mass is 458 g/mol. The molecule has 1 aliphatic heterocycles. The highest BCUT2D eigenvalue weighted by atomic mass is 16.5. The number of rotatable bonds is 8. The number of aryl methyl sites for hydroxylation is 2. The second-order valence-corrected chi connectivity index (χ2v) is 7.94. The molecule has 180 valence electrons. The van der Waals surface area contributed by atoms with Crippen LogP contribution < -0.4 is 14.4 Å². The van der Waals surface area contributed by atoms with Crippen LogP contribution in [0.25, 0.3) is 0 Å². The van der Waals surface area contributed by atoms with Crippen LogP contribution in [-0.4, -0.2) is 73.5 Å². The van der Waals surface area contributed by atoms with E-state index in [1.54, 1.807) is 7.11 Å². The second kappa shape index (κ2) is 13.3. The SMILES string of the molecule is COc1ccccc1N1CCN(CCCCOc2ccc(C)cc2C)CC1.O=C(O)C(=O)O. The molecule has 8 nitrogen and oxygen atoms in total. The number of hydrogen-bond acceptors (Lipinski definition) is 6. The Labute approximate surface area is 195 Å². The van der Waals surface area contributed by atoms with Crippen molar-refractivity contribution in [2.45, 2.75) is 26.7 Å². The molecule has 2 aromatic carbocycles. The number of nitrogens with zero attached hydrogens (tertiary/aromatic N) is 2. The zero-order chi connectivity index (χ0) is 24.2. The van der Waals surface area contributed by atoms with E-state index in [0.29, 0.717) is 0 Å². The Hall–Kier alpha value is -3.26. The molecule has 1 heterocycles. The van der Waals surface area contributed by atoms with Crippen LogP contribution >= 0.6 is 0 Å². The molecule has 1 saturated heterocycles. The van der Waals surface area contributed by atoms with Crippen LogP contribution in [0.4, 0.5) is 5.69 Å². The van der Waals surface area contributed by atoms with Crippen molar-refractivity contribution in [1.82, 2.24) is 4.90 Å². The Balaban J connectivity index is 0.000000569. The summed E-state index contributed by atoms with van der Waals surface area (Å²) >= 11 is 0. The number of ether oxygens (including phenoxy) is 2. The average Bonchev–Trinajstić information content (AvgIpc) is 2.81. The number of methoxy groups -OCH3 is 1. The van der Waals surface area contributed by atoms with Crippen LogP contribution in [0.2, 0.25) is 0 Å². The molecule has 2 aromatic rings. The Bertz CT molecular complexity index is 898. The normalized spacial score (nSPS) is 13.6. The molecule has 1 fully saturated rings. The zero-order valence-electron chi connectivity index (χ0n) is 19.6. The van der Waals surface area contributed by atoms with Gasteiger partial charge in [-0.25, -0.2) is 9.59 Å². The Morgan fingerprint density at radius 1 is 0.909 bits per heavy atom. The van der Waals surface area contributed by atoms with Crippen LogP contribution in [0.15, 0.2) is 42.5 Å². The van der Waals surface area contributed by atoms with E-state index in [1.165, 1.54) is 23.2 Å². The zero-order valence-corrected chi connectivity index (χ0v) is 19.6. The van der Waals surface area contributed by atoms with Crippen LogP contribution in [-0.2, 0) is 9.59 Å². The van der Waals surface area contributed by atoms with Gasteiger partial charge in [0, 0.05) is 26.2 Å². The van der Waals surface area contributed by atoms with Crippen molar-refractivity contribution in [3.8, 4) is 11.5 Å². The highest BCUT2D eigenvalue weighted by molar-refractivity contribution is 6.27. The fourth-order valence-electron chi connectivity index (χ4n) is 3.68. The molecule has 0 atom stereocenters. The predicted octanol–water partition coefficient (Wildman–Crippen LogP) is 3.45. The van der Waals surface area contributed by atoms with E-state index in [0.717, 1.165) is 57.3 Å². The van der Waals surface area contributed by atoms with Crippen molar-refractivity contribution in [3.63, 3.8) is 0 Å². The van der Waals surface area contributed by atoms with Crippen molar-refractivity contribution >= 4 is 17.6 Å². The Morgan fingerprint density at radius 2 is 1.58 bits per heavy atom. The number of carboxylic acid groups (broad SMARTS) is 2. The van der Waals surface area contributed by atoms with Gasteiger partial charge in [0.25, 0.3) is 0 Å². The highest BCUT2D eigenvalue weighted by Crippen LogP contribution is 2.28. The van der Waals surface area contributed by atoms with Gasteiger partial charge in [0.05, 0.1) is 19.4 Å². The van der Waals surface area contributed by atoms with Gasteiger partial charge in [-0.1, -0.05) is 29.8 Å². The third kappa shape index (κ3) is 8.65. The third-order valence-electron chi connectivity index (χ3n) is 5.44. The summed E-state index contributed by atoms with van der Waals surface area (Å²) in [7, 11) is 1.75. The average molecular weight is 459 g/mol. The van der Waals surface area contributed by atoms with Crippen LogP contribution in [0, 0.1) is 13.8 Å². The number of piperazine rings is 1. The van der Waals surface area contributed by atoms with Gasteiger partial charge in [-0.3, -0.25) is 4.90 Å². The summed E-state index contributed by atoms with van der Waals surface area (Å²) in [5, 5.41) is 14.8. The molecule has 0 spiro atoms. The van der Waals surface area contributed by atoms with E-state index in [9.17, 15) is 0 Å². The lowest BCUT2D eigenvalue weighted by atomic mass is 10.1. The van der Waals surface area contributed by atoms with E-state index < -0.39 is 11.9 Å². The quantitative estimate of drug-likeness (QED) is 0.458. The molecule has 0 radical (unpaired) electrons. The summed E-state index contributed by atoms with van der Waals surface area (Å²) in [4.78, 5) is 23.2. The minimum atomic E-state index is -1.82. The molecule has 0 aromatic heterocycles.